The van der Waals surface area contributed by atoms with E-state index >= 15 is 0 Å². The van der Waals surface area contributed by atoms with Crippen molar-refractivity contribution in [3.63, 3.8) is 0 Å². The summed E-state index contributed by atoms with van der Waals surface area (Å²) in [6, 6.07) is 0. The van der Waals surface area contributed by atoms with Gasteiger partial charge in [0, 0.05) is 20.1 Å². The Kier molecular flexibility index (Phi) is 16.9. The van der Waals surface area contributed by atoms with Crippen molar-refractivity contribution in [2.75, 3.05) is 26.4 Å². The highest BCUT2D eigenvalue weighted by Gasteiger charge is 1.91. The first-order valence-corrected chi connectivity index (χ1v) is 5.00. The van der Waals surface area contributed by atoms with Gasteiger partial charge >= 0.3 is 5.97 Å². The zero-order valence-corrected chi connectivity index (χ0v) is 9.41. The zero-order chi connectivity index (χ0) is 11.2. The van der Waals surface area contributed by atoms with E-state index in [1.807, 2.05) is 0 Å². The summed E-state index contributed by atoms with van der Waals surface area (Å²) in [7, 11) is 0. The highest BCUT2D eigenvalue weighted by atomic mass is 16.6. The highest BCUT2D eigenvalue weighted by molar-refractivity contribution is 5.65. The lowest BCUT2D eigenvalue weighted by Gasteiger charge is -2.02. The molecule has 86 valence electrons. The average Bonchev–Trinajstić information content (AvgIpc) is 2.12. The molecule has 0 bridgehead atoms. The van der Waals surface area contributed by atoms with E-state index < -0.39 is 0 Å². The van der Waals surface area contributed by atoms with E-state index in [0.29, 0.717) is 13.2 Å². The molecule has 0 saturated heterocycles. The van der Waals surface area contributed by atoms with Crippen LogP contribution >= 0.6 is 0 Å². The lowest BCUT2D eigenvalue weighted by Crippen LogP contribution is -2.07. The van der Waals surface area contributed by atoms with Crippen molar-refractivity contribution in [1.82, 2.24) is 0 Å². The number of ether oxygens (including phenoxy) is 2. The third-order valence-corrected chi connectivity index (χ3v) is 1.18. The van der Waals surface area contributed by atoms with Gasteiger partial charge in [0.15, 0.2) is 0 Å². The Morgan fingerprint density at radius 1 is 1.21 bits per heavy atom. The monoisotopic (exact) mass is 206 g/mol. The SMILES string of the molecule is CCCCOCCOC(C)=O.CCO. The fraction of sp³-hybridized carbons (Fsp3) is 0.900. The van der Waals surface area contributed by atoms with Crippen LogP contribution in [0.25, 0.3) is 0 Å². The minimum absolute atomic E-state index is 0.246. The Labute approximate surface area is 86.2 Å². The molecule has 0 radical (unpaired) electrons. The zero-order valence-electron chi connectivity index (χ0n) is 9.41. The molecular weight excluding hydrogens is 184 g/mol. The van der Waals surface area contributed by atoms with Crippen LogP contribution in [-0.4, -0.2) is 37.5 Å². The minimum Gasteiger partial charge on any atom is -0.463 e. The van der Waals surface area contributed by atoms with Crippen LogP contribution in [0.3, 0.4) is 0 Å². The third kappa shape index (κ3) is 22.5. The Bertz CT molecular complexity index is 115. The van der Waals surface area contributed by atoms with Gasteiger partial charge in [-0.05, 0) is 13.3 Å². The number of esters is 1. The van der Waals surface area contributed by atoms with Crippen LogP contribution in [0.5, 0.6) is 0 Å². The Morgan fingerprint density at radius 2 is 1.79 bits per heavy atom. The topological polar surface area (TPSA) is 55.8 Å². The van der Waals surface area contributed by atoms with Gasteiger partial charge in [-0.3, -0.25) is 4.79 Å². The molecule has 0 aliphatic carbocycles. The predicted molar refractivity (Wildman–Crippen MR) is 55.1 cm³/mol. The predicted octanol–water partition coefficient (Wildman–Crippen LogP) is 1.36. The second-order valence-corrected chi connectivity index (χ2v) is 2.62. The summed E-state index contributed by atoms with van der Waals surface area (Å²) >= 11 is 0. The number of carbonyl (C=O) groups excluding carboxylic acids is 1. The molecule has 4 nitrogen and oxygen atoms in total. The average molecular weight is 206 g/mol. The van der Waals surface area contributed by atoms with Gasteiger partial charge in [-0.15, -0.1) is 0 Å². The number of hydrogen-bond acceptors (Lipinski definition) is 4. The molecule has 14 heavy (non-hydrogen) atoms. The van der Waals surface area contributed by atoms with Crippen LogP contribution < -0.4 is 0 Å². The molecule has 4 heteroatoms. The standard InChI is InChI=1S/C8H16O3.C2H6O/c1-3-4-5-10-6-7-11-8(2)9;1-2-3/h3-7H2,1-2H3;3H,2H2,1H3. The smallest absolute Gasteiger partial charge is 0.302 e. The minimum atomic E-state index is -0.246. The van der Waals surface area contributed by atoms with Gasteiger partial charge in [-0.1, -0.05) is 13.3 Å². The van der Waals surface area contributed by atoms with Crippen molar-refractivity contribution in [3.05, 3.63) is 0 Å². The molecule has 0 aromatic rings. The number of unbranched alkanes of at least 4 members (excludes halogenated alkanes) is 1. The number of hydrogen-bond donors (Lipinski definition) is 1. The Balaban J connectivity index is 0. The number of aliphatic hydroxyl groups is 1. The first-order valence-electron chi connectivity index (χ1n) is 5.00. The second kappa shape index (κ2) is 14.9. The number of rotatable bonds is 6. The second-order valence-electron chi connectivity index (χ2n) is 2.62. The summed E-state index contributed by atoms with van der Waals surface area (Å²) < 4.78 is 9.81. The summed E-state index contributed by atoms with van der Waals surface area (Å²) in [5, 5.41) is 7.57. The maximum absolute atomic E-state index is 10.3. The summed E-state index contributed by atoms with van der Waals surface area (Å²) in [6.45, 7) is 7.08. The molecule has 0 saturated carbocycles. The maximum atomic E-state index is 10.3. The summed E-state index contributed by atoms with van der Waals surface area (Å²) in [4.78, 5) is 10.3. The van der Waals surface area contributed by atoms with E-state index in [9.17, 15) is 4.79 Å². The van der Waals surface area contributed by atoms with Gasteiger partial charge in [0.1, 0.15) is 6.61 Å². The molecule has 0 aliphatic rings. The molecule has 0 aliphatic heterocycles. The summed E-state index contributed by atoms with van der Waals surface area (Å²) in [5.41, 5.74) is 0. The molecule has 0 fully saturated rings. The Hall–Kier alpha value is -0.610. The highest BCUT2D eigenvalue weighted by Crippen LogP contribution is 1.87. The first-order chi connectivity index (χ1) is 6.68. The van der Waals surface area contributed by atoms with E-state index in [-0.39, 0.29) is 12.6 Å². The quantitative estimate of drug-likeness (QED) is 0.526. The van der Waals surface area contributed by atoms with Crippen molar-refractivity contribution in [2.45, 2.75) is 33.6 Å². The normalized spacial score (nSPS) is 8.86. The molecular formula is C10H22O4. The fourth-order valence-corrected chi connectivity index (χ4v) is 0.593. The van der Waals surface area contributed by atoms with Gasteiger partial charge in [-0.25, -0.2) is 0 Å². The van der Waals surface area contributed by atoms with Crippen LogP contribution in [-0.2, 0) is 14.3 Å². The number of aliphatic hydroxyl groups excluding tert-OH is 1. The molecule has 1 N–H and O–H groups in total. The lowest BCUT2D eigenvalue weighted by molar-refractivity contribution is -0.142. The van der Waals surface area contributed by atoms with Crippen LogP contribution in [0.15, 0.2) is 0 Å². The largest absolute Gasteiger partial charge is 0.463 e. The molecule has 0 aromatic carbocycles. The van der Waals surface area contributed by atoms with Crippen molar-refractivity contribution >= 4 is 5.97 Å². The summed E-state index contributed by atoms with van der Waals surface area (Å²) in [6.07, 6.45) is 2.20. The van der Waals surface area contributed by atoms with Gasteiger partial charge in [0.05, 0.1) is 6.61 Å². The molecule has 0 aromatic heterocycles. The molecule has 0 unspecified atom stereocenters. The van der Waals surface area contributed by atoms with Gasteiger partial charge in [0.2, 0.25) is 0 Å². The Morgan fingerprint density at radius 3 is 2.21 bits per heavy atom. The van der Waals surface area contributed by atoms with E-state index in [1.54, 1.807) is 6.92 Å². The van der Waals surface area contributed by atoms with E-state index in [1.165, 1.54) is 6.92 Å². The van der Waals surface area contributed by atoms with Crippen LogP contribution in [0, 0.1) is 0 Å². The van der Waals surface area contributed by atoms with Crippen LogP contribution in [0.4, 0.5) is 0 Å². The maximum Gasteiger partial charge on any atom is 0.302 e. The molecule has 0 rings (SSSR count). The van der Waals surface area contributed by atoms with Gasteiger partial charge in [-0.2, -0.15) is 0 Å². The lowest BCUT2D eigenvalue weighted by atomic mass is 10.4. The number of carbonyl (C=O) groups is 1. The molecule has 0 heterocycles. The van der Waals surface area contributed by atoms with Gasteiger partial charge in [0.25, 0.3) is 0 Å². The molecule has 0 spiro atoms. The van der Waals surface area contributed by atoms with E-state index in [0.717, 1.165) is 19.4 Å². The molecule has 0 atom stereocenters. The molecule has 0 amide bonds. The summed E-state index contributed by atoms with van der Waals surface area (Å²) in [5.74, 6) is -0.246. The third-order valence-electron chi connectivity index (χ3n) is 1.18. The van der Waals surface area contributed by atoms with E-state index in [4.69, 9.17) is 9.84 Å². The van der Waals surface area contributed by atoms with Crippen molar-refractivity contribution < 1.29 is 19.4 Å². The van der Waals surface area contributed by atoms with Crippen molar-refractivity contribution in [2.24, 2.45) is 0 Å². The van der Waals surface area contributed by atoms with Crippen molar-refractivity contribution in [1.29, 1.82) is 0 Å². The van der Waals surface area contributed by atoms with Crippen LogP contribution in [0.1, 0.15) is 33.6 Å². The van der Waals surface area contributed by atoms with E-state index in [2.05, 4.69) is 11.7 Å². The van der Waals surface area contributed by atoms with Crippen molar-refractivity contribution in [3.8, 4) is 0 Å². The first kappa shape index (κ1) is 15.8. The van der Waals surface area contributed by atoms with Crippen LogP contribution in [0.2, 0.25) is 0 Å². The fourth-order valence-electron chi connectivity index (χ4n) is 0.593. The van der Waals surface area contributed by atoms with Gasteiger partial charge < -0.3 is 14.6 Å².